The van der Waals surface area contributed by atoms with Gasteiger partial charge in [0.2, 0.25) is 0 Å². The van der Waals surface area contributed by atoms with Gasteiger partial charge in [-0.25, -0.2) is 0 Å². The second-order valence-electron chi connectivity index (χ2n) is 3.28. The lowest BCUT2D eigenvalue weighted by molar-refractivity contribution is 0.119. The van der Waals surface area contributed by atoms with Crippen molar-refractivity contribution in [2.75, 3.05) is 14.1 Å². The smallest absolute Gasteiger partial charge is 0.127 e. The van der Waals surface area contributed by atoms with Crippen LogP contribution >= 0.6 is 0 Å². The molecule has 0 spiro atoms. The molecule has 0 saturated carbocycles. The zero-order chi connectivity index (χ0) is 9.14. The summed E-state index contributed by atoms with van der Waals surface area (Å²) in [6.07, 6.45) is 1.46. The van der Waals surface area contributed by atoms with Gasteiger partial charge in [-0.2, -0.15) is 0 Å². The van der Waals surface area contributed by atoms with E-state index in [2.05, 4.69) is 4.90 Å². The Morgan fingerprint density at radius 3 is 2.75 bits per heavy atom. The van der Waals surface area contributed by atoms with Crippen molar-refractivity contribution in [3.8, 4) is 0 Å². The molecule has 1 rings (SSSR count). The normalized spacial score (nSPS) is 13.8. The standard InChI is InChI=1S/C9H16N2O/c1-8(12)11-6-4-5-9(11)7-10(2)3/h4-6,8,12H,7H2,1-3H3. The summed E-state index contributed by atoms with van der Waals surface area (Å²) in [5.74, 6) is 0. The van der Waals surface area contributed by atoms with Crippen LogP contribution in [0.5, 0.6) is 0 Å². The second kappa shape index (κ2) is 3.74. The highest BCUT2D eigenvalue weighted by atomic mass is 16.3. The number of aliphatic hydroxyl groups excluding tert-OH is 1. The van der Waals surface area contributed by atoms with Gasteiger partial charge in [-0.1, -0.05) is 0 Å². The van der Waals surface area contributed by atoms with Crippen LogP contribution < -0.4 is 0 Å². The zero-order valence-corrected chi connectivity index (χ0v) is 7.86. The molecule has 1 unspecified atom stereocenters. The Kier molecular flexibility index (Phi) is 2.89. The predicted octanol–water partition coefficient (Wildman–Crippen LogP) is 1.06. The molecule has 1 heterocycles. The molecular formula is C9H16N2O. The molecule has 0 aliphatic heterocycles. The van der Waals surface area contributed by atoms with Crippen LogP contribution in [0.4, 0.5) is 0 Å². The maximum Gasteiger partial charge on any atom is 0.127 e. The van der Waals surface area contributed by atoms with Crippen LogP contribution in [-0.2, 0) is 6.54 Å². The molecule has 3 nitrogen and oxygen atoms in total. The molecule has 0 amide bonds. The minimum atomic E-state index is -0.435. The van der Waals surface area contributed by atoms with Crippen LogP contribution in [0.3, 0.4) is 0 Å². The van der Waals surface area contributed by atoms with Crippen molar-refractivity contribution in [1.29, 1.82) is 0 Å². The van der Waals surface area contributed by atoms with E-state index >= 15 is 0 Å². The molecule has 0 aliphatic carbocycles. The van der Waals surface area contributed by atoms with Crippen molar-refractivity contribution >= 4 is 0 Å². The molecule has 68 valence electrons. The molecule has 0 bridgehead atoms. The number of nitrogens with zero attached hydrogens (tertiary/aromatic N) is 2. The molecule has 1 N–H and O–H groups in total. The van der Waals surface area contributed by atoms with E-state index in [0.29, 0.717) is 0 Å². The summed E-state index contributed by atoms with van der Waals surface area (Å²) >= 11 is 0. The first-order valence-corrected chi connectivity index (χ1v) is 4.10. The molecule has 0 saturated heterocycles. The summed E-state index contributed by atoms with van der Waals surface area (Å²) in [7, 11) is 4.03. The third-order valence-electron chi connectivity index (χ3n) is 1.75. The number of aromatic nitrogens is 1. The highest BCUT2D eigenvalue weighted by molar-refractivity contribution is 5.07. The SMILES string of the molecule is CC(O)n1cccc1CN(C)C. The highest BCUT2D eigenvalue weighted by Crippen LogP contribution is 2.09. The Balaban J connectivity index is 2.77. The van der Waals surface area contributed by atoms with Gasteiger partial charge in [-0.05, 0) is 33.2 Å². The van der Waals surface area contributed by atoms with Gasteiger partial charge in [0.1, 0.15) is 6.23 Å². The van der Waals surface area contributed by atoms with E-state index in [1.54, 1.807) is 6.92 Å². The van der Waals surface area contributed by atoms with Gasteiger partial charge in [0.25, 0.3) is 0 Å². The maximum absolute atomic E-state index is 9.35. The van der Waals surface area contributed by atoms with Gasteiger partial charge in [0.15, 0.2) is 0 Å². The van der Waals surface area contributed by atoms with Gasteiger partial charge in [-0.15, -0.1) is 0 Å². The molecule has 1 aromatic rings. The molecule has 12 heavy (non-hydrogen) atoms. The van der Waals surface area contributed by atoms with Crippen molar-refractivity contribution in [3.63, 3.8) is 0 Å². The van der Waals surface area contributed by atoms with Crippen molar-refractivity contribution < 1.29 is 5.11 Å². The Hall–Kier alpha value is -0.800. The lowest BCUT2D eigenvalue weighted by atomic mass is 10.4. The first kappa shape index (κ1) is 9.29. The molecule has 0 fully saturated rings. The van der Waals surface area contributed by atoms with Crippen LogP contribution in [0.1, 0.15) is 18.8 Å². The average Bonchev–Trinajstić information content (AvgIpc) is 2.33. The van der Waals surface area contributed by atoms with E-state index in [1.165, 1.54) is 0 Å². The number of aliphatic hydroxyl groups is 1. The topological polar surface area (TPSA) is 28.4 Å². The summed E-state index contributed by atoms with van der Waals surface area (Å²) in [6, 6.07) is 3.97. The van der Waals surface area contributed by atoms with Gasteiger partial charge in [-0.3, -0.25) is 0 Å². The largest absolute Gasteiger partial charge is 0.374 e. The summed E-state index contributed by atoms with van der Waals surface area (Å²) in [5.41, 5.74) is 1.13. The fraction of sp³-hybridized carbons (Fsp3) is 0.556. The maximum atomic E-state index is 9.35. The third-order valence-corrected chi connectivity index (χ3v) is 1.75. The number of rotatable bonds is 3. The fourth-order valence-corrected chi connectivity index (χ4v) is 1.25. The molecule has 0 radical (unpaired) electrons. The van der Waals surface area contributed by atoms with Gasteiger partial charge < -0.3 is 14.6 Å². The summed E-state index contributed by atoms with van der Waals surface area (Å²) in [4.78, 5) is 2.08. The molecular weight excluding hydrogens is 152 g/mol. The Morgan fingerprint density at radius 1 is 1.58 bits per heavy atom. The minimum absolute atomic E-state index is 0.435. The van der Waals surface area contributed by atoms with Crippen LogP contribution in [-0.4, -0.2) is 28.7 Å². The Labute approximate surface area is 73.2 Å². The van der Waals surface area contributed by atoms with E-state index in [-0.39, 0.29) is 0 Å². The van der Waals surface area contributed by atoms with Crippen molar-refractivity contribution in [2.24, 2.45) is 0 Å². The first-order valence-electron chi connectivity index (χ1n) is 4.10. The molecule has 0 aromatic carbocycles. The van der Waals surface area contributed by atoms with E-state index < -0.39 is 6.23 Å². The van der Waals surface area contributed by atoms with E-state index in [4.69, 9.17) is 0 Å². The van der Waals surface area contributed by atoms with Crippen molar-refractivity contribution in [2.45, 2.75) is 19.7 Å². The average molecular weight is 168 g/mol. The van der Waals surface area contributed by atoms with Gasteiger partial charge >= 0.3 is 0 Å². The molecule has 1 atom stereocenters. The van der Waals surface area contributed by atoms with Crippen molar-refractivity contribution in [3.05, 3.63) is 24.0 Å². The highest BCUT2D eigenvalue weighted by Gasteiger charge is 2.04. The Morgan fingerprint density at radius 2 is 2.25 bits per heavy atom. The van der Waals surface area contributed by atoms with Crippen LogP contribution in [0.2, 0.25) is 0 Å². The minimum Gasteiger partial charge on any atom is -0.374 e. The summed E-state index contributed by atoms with van der Waals surface area (Å²) in [6.45, 7) is 2.62. The second-order valence-corrected chi connectivity index (χ2v) is 3.28. The van der Waals surface area contributed by atoms with Crippen LogP contribution in [0.15, 0.2) is 18.3 Å². The third kappa shape index (κ3) is 2.09. The Bertz CT molecular complexity index is 240. The lowest BCUT2D eigenvalue weighted by Crippen LogP contribution is -2.15. The van der Waals surface area contributed by atoms with Crippen LogP contribution in [0, 0.1) is 0 Å². The summed E-state index contributed by atoms with van der Waals surface area (Å²) in [5, 5.41) is 9.35. The molecule has 0 aliphatic rings. The first-order chi connectivity index (χ1) is 5.61. The van der Waals surface area contributed by atoms with E-state index in [0.717, 1.165) is 12.2 Å². The quantitative estimate of drug-likeness (QED) is 0.731. The number of hydrogen-bond acceptors (Lipinski definition) is 2. The van der Waals surface area contributed by atoms with Gasteiger partial charge in [0, 0.05) is 18.4 Å². The monoisotopic (exact) mass is 168 g/mol. The lowest BCUT2D eigenvalue weighted by Gasteiger charge is -2.15. The zero-order valence-electron chi connectivity index (χ0n) is 7.86. The van der Waals surface area contributed by atoms with Crippen LogP contribution in [0.25, 0.3) is 0 Å². The fourth-order valence-electron chi connectivity index (χ4n) is 1.25. The van der Waals surface area contributed by atoms with E-state index in [9.17, 15) is 5.11 Å². The number of hydrogen-bond donors (Lipinski definition) is 1. The van der Waals surface area contributed by atoms with E-state index in [1.807, 2.05) is 37.0 Å². The molecule has 1 aromatic heterocycles. The predicted molar refractivity (Wildman–Crippen MR) is 48.8 cm³/mol. The van der Waals surface area contributed by atoms with Gasteiger partial charge in [0.05, 0.1) is 0 Å². The van der Waals surface area contributed by atoms with Crippen molar-refractivity contribution in [1.82, 2.24) is 9.47 Å². The summed E-state index contributed by atoms with van der Waals surface area (Å²) < 4.78 is 1.86. The molecule has 3 heteroatoms.